The molecule has 1 aromatic rings. The molecule has 0 saturated carbocycles. The monoisotopic (exact) mass is 483 g/mol. The molecule has 2 aliphatic heterocycles. The van der Waals surface area contributed by atoms with Crippen molar-refractivity contribution in [3.05, 3.63) is 41.4 Å². The van der Waals surface area contributed by atoms with Crippen molar-refractivity contribution in [1.82, 2.24) is 14.9 Å². The van der Waals surface area contributed by atoms with Gasteiger partial charge in [0.25, 0.3) is 0 Å². The van der Waals surface area contributed by atoms with Gasteiger partial charge >= 0.3 is 18.0 Å². The number of hydrogen-bond acceptors (Lipinski definition) is 7. The maximum atomic E-state index is 14.0. The Morgan fingerprint density at radius 3 is 2.48 bits per heavy atom. The minimum absolute atomic E-state index is 0.0326. The molecule has 12 heteroatoms. The van der Waals surface area contributed by atoms with Gasteiger partial charge in [-0.3, -0.25) is 4.79 Å². The van der Waals surface area contributed by atoms with Crippen LogP contribution in [0, 0.1) is 11.7 Å². The molecule has 2 amide bonds. The van der Waals surface area contributed by atoms with Crippen LogP contribution in [0.25, 0.3) is 0 Å². The Morgan fingerprint density at radius 2 is 1.85 bits per heavy atom. The second-order valence-corrected chi connectivity index (χ2v) is 9.56. The molecule has 1 atom stereocenters. The third-order valence-electron chi connectivity index (χ3n) is 5.47. The third-order valence-corrected chi connectivity index (χ3v) is 7.40. The number of esters is 2. The fourth-order valence-electron chi connectivity index (χ4n) is 3.78. The molecular formula is C21H26FN3O7S. The normalized spacial score (nSPS) is 20.1. The van der Waals surface area contributed by atoms with Crippen LogP contribution >= 0.6 is 0 Å². The summed E-state index contributed by atoms with van der Waals surface area (Å²) in [5.41, 5.74) is 0.299. The molecule has 2 heterocycles. The van der Waals surface area contributed by atoms with Crippen molar-refractivity contribution in [1.29, 1.82) is 0 Å². The van der Waals surface area contributed by atoms with E-state index >= 15 is 0 Å². The second-order valence-electron chi connectivity index (χ2n) is 7.65. The summed E-state index contributed by atoms with van der Waals surface area (Å²) in [6.45, 7) is 3.13. The van der Waals surface area contributed by atoms with Gasteiger partial charge in [0.15, 0.2) is 0 Å². The van der Waals surface area contributed by atoms with Gasteiger partial charge in [0.05, 0.1) is 29.8 Å². The van der Waals surface area contributed by atoms with Crippen molar-refractivity contribution < 1.29 is 36.7 Å². The first-order chi connectivity index (χ1) is 15.6. The summed E-state index contributed by atoms with van der Waals surface area (Å²) in [6, 6.07) is 3.97. The highest BCUT2D eigenvalue weighted by Gasteiger charge is 2.35. The van der Waals surface area contributed by atoms with Crippen LogP contribution in [0.2, 0.25) is 0 Å². The van der Waals surface area contributed by atoms with E-state index in [1.165, 1.54) is 18.2 Å². The molecular weight excluding hydrogens is 457 g/mol. The highest BCUT2D eigenvalue weighted by atomic mass is 32.2. The summed E-state index contributed by atoms with van der Waals surface area (Å²) in [6.07, 6.45) is 0.390. The fourth-order valence-corrected chi connectivity index (χ4v) is 5.31. The number of nitrogens with one attached hydrogen (secondary N) is 2. The Kier molecular flexibility index (Phi) is 7.69. The molecule has 2 N–H and O–H groups in total. The standard InChI is InChI=1S/C21H26FN3O7S/c1-3-31-20(27)18-13(2)23-21(28)24-16(18)12-32-19(26)14-8-10-25(11-9-14)33(29,30)17-7-5-4-6-15(17)22/h4-7,13-14H,3,8-12H2,1-2H3,(H2,23,24,28). The van der Waals surface area contributed by atoms with E-state index in [2.05, 4.69) is 10.6 Å². The van der Waals surface area contributed by atoms with Crippen molar-refractivity contribution in [2.45, 2.75) is 37.6 Å². The lowest BCUT2D eigenvalue weighted by atomic mass is 9.98. The molecule has 0 aliphatic carbocycles. The van der Waals surface area contributed by atoms with Crippen molar-refractivity contribution in [2.24, 2.45) is 5.92 Å². The largest absolute Gasteiger partial charge is 0.463 e. The highest BCUT2D eigenvalue weighted by molar-refractivity contribution is 7.89. The van der Waals surface area contributed by atoms with E-state index in [0.717, 1.165) is 10.4 Å². The van der Waals surface area contributed by atoms with Crippen LogP contribution in [0.4, 0.5) is 9.18 Å². The van der Waals surface area contributed by atoms with Crippen LogP contribution in [0.15, 0.2) is 40.4 Å². The fraction of sp³-hybridized carbons (Fsp3) is 0.476. The zero-order valence-corrected chi connectivity index (χ0v) is 19.1. The first-order valence-corrected chi connectivity index (χ1v) is 12.0. The Balaban J connectivity index is 1.62. The zero-order chi connectivity index (χ0) is 24.2. The molecule has 1 aromatic carbocycles. The number of benzene rings is 1. The van der Waals surface area contributed by atoms with Gasteiger partial charge in [0.2, 0.25) is 10.0 Å². The quantitative estimate of drug-likeness (QED) is 0.559. The Morgan fingerprint density at radius 1 is 1.18 bits per heavy atom. The lowest BCUT2D eigenvalue weighted by Gasteiger charge is -2.30. The number of sulfonamides is 1. The van der Waals surface area contributed by atoms with Crippen LogP contribution < -0.4 is 10.6 Å². The molecule has 0 aromatic heterocycles. The summed E-state index contributed by atoms with van der Waals surface area (Å²) in [5, 5.41) is 5.02. The van der Waals surface area contributed by atoms with E-state index in [1.807, 2.05) is 0 Å². The minimum atomic E-state index is -4.01. The van der Waals surface area contributed by atoms with Crippen LogP contribution in [0.5, 0.6) is 0 Å². The first-order valence-electron chi connectivity index (χ1n) is 10.5. The summed E-state index contributed by atoms with van der Waals surface area (Å²) in [4.78, 5) is 36.2. The van der Waals surface area contributed by atoms with E-state index in [1.54, 1.807) is 13.8 Å². The molecule has 33 heavy (non-hydrogen) atoms. The third kappa shape index (κ3) is 5.50. The van der Waals surface area contributed by atoms with Gasteiger partial charge in [-0.25, -0.2) is 22.4 Å². The van der Waals surface area contributed by atoms with Gasteiger partial charge < -0.3 is 20.1 Å². The number of hydrogen-bond donors (Lipinski definition) is 2. The van der Waals surface area contributed by atoms with E-state index in [4.69, 9.17) is 9.47 Å². The molecule has 3 rings (SSSR count). The Hall–Kier alpha value is -2.99. The maximum absolute atomic E-state index is 14.0. The van der Waals surface area contributed by atoms with Gasteiger partial charge in [-0.05, 0) is 38.8 Å². The van der Waals surface area contributed by atoms with E-state index in [-0.39, 0.29) is 50.4 Å². The zero-order valence-electron chi connectivity index (χ0n) is 18.3. The number of piperidine rings is 1. The molecule has 0 radical (unpaired) electrons. The number of ether oxygens (including phenoxy) is 2. The molecule has 10 nitrogen and oxygen atoms in total. The lowest BCUT2D eigenvalue weighted by molar-refractivity contribution is -0.149. The second kappa shape index (κ2) is 10.3. The molecule has 180 valence electrons. The number of rotatable bonds is 7. The summed E-state index contributed by atoms with van der Waals surface area (Å²) in [7, 11) is -4.01. The van der Waals surface area contributed by atoms with Crippen molar-refractivity contribution in [3.63, 3.8) is 0 Å². The predicted octanol–water partition coefficient (Wildman–Crippen LogP) is 1.29. The SMILES string of the molecule is CCOC(=O)C1=C(COC(=O)C2CCN(S(=O)(=O)c3ccccc3F)CC2)NC(=O)NC1C. The molecule has 1 saturated heterocycles. The predicted molar refractivity (Wildman–Crippen MR) is 114 cm³/mol. The smallest absolute Gasteiger partial charge is 0.338 e. The number of halogens is 1. The lowest BCUT2D eigenvalue weighted by Crippen LogP contribution is -2.50. The number of carbonyl (C=O) groups is 3. The van der Waals surface area contributed by atoms with Crippen LogP contribution in [-0.4, -0.2) is 63.0 Å². The molecule has 1 fully saturated rings. The molecule has 2 aliphatic rings. The van der Waals surface area contributed by atoms with Crippen LogP contribution in [-0.2, 0) is 29.1 Å². The Labute approximate surface area is 191 Å². The topological polar surface area (TPSA) is 131 Å². The summed E-state index contributed by atoms with van der Waals surface area (Å²) >= 11 is 0. The van der Waals surface area contributed by atoms with Crippen LogP contribution in [0.3, 0.4) is 0 Å². The average Bonchev–Trinajstić information content (AvgIpc) is 2.77. The van der Waals surface area contributed by atoms with E-state index in [9.17, 15) is 27.2 Å². The highest BCUT2D eigenvalue weighted by Crippen LogP contribution is 2.26. The van der Waals surface area contributed by atoms with Gasteiger partial charge in [0, 0.05) is 13.1 Å². The number of carbonyl (C=O) groups excluding carboxylic acids is 3. The average molecular weight is 484 g/mol. The molecule has 0 bridgehead atoms. The summed E-state index contributed by atoms with van der Waals surface area (Å²) < 4.78 is 50.9. The van der Waals surface area contributed by atoms with Gasteiger partial charge in [-0.2, -0.15) is 4.31 Å². The van der Waals surface area contributed by atoms with E-state index in [0.29, 0.717) is 0 Å². The Bertz CT molecular complexity index is 1070. The molecule has 1 unspecified atom stereocenters. The van der Waals surface area contributed by atoms with Crippen LogP contribution in [0.1, 0.15) is 26.7 Å². The number of amides is 2. The number of urea groups is 1. The van der Waals surface area contributed by atoms with Crippen molar-refractivity contribution in [2.75, 3.05) is 26.3 Å². The maximum Gasteiger partial charge on any atom is 0.338 e. The van der Waals surface area contributed by atoms with Gasteiger partial charge in [0.1, 0.15) is 17.3 Å². The van der Waals surface area contributed by atoms with E-state index < -0.39 is 50.7 Å². The van der Waals surface area contributed by atoms with Crippen molar-refractivity contribution in [3.8, 4) is 0 Å². The minimum Gasteiger partial charge on any atom is -0.463 e. The molecule has 0 spiro atoms. The van der Waals surface area contributed by atoms with Gasteiger partial charge in [-0.1, -0.05) is 12.1 Å². The first kappa shape index (κ1) is 24.6. The van der Waals surface area contributed by atoms with Gasteiger partial charge in [-0.15, -0.1) is 0 Å². The summed E-state index contributed by atoms with van der Waals surface area (Å²) in [5.74, 6) is -2.61. The van der Waals surface area contributed by atoms with Crippen molar-refractivity contribution >= 4 is 28.0 Å². The number of nitrogens with zero attached hydrogens (tertiary/aromatic N) is 1.